The molecule has 1 aliphatic carbocycles. The van der Waals surface area contributed by atoms with E-state index in [9.17, 15) is 5.26 Å². The fraction of sp³-hybridized carbons (Fsp3) is 0.381. The van der Waals surface area contributed by atoms with Crippen molar-refractivity contribution in [3.63, 3.8) is 0 Å². The first-order valence-electron chi connectivity index (χ1n) is 8.59. The van der Waals surface area contributed by atoms with Gasteiger partial charge in [0.25, 0.3) is 0 Å². The first-order chi connectivity index (χ1) is 11.6. The maximum Gasteiger partial charge on any atom is 0.119 e. The van der Waals surface area contributed by atoms with E-state index in [1.54, 1.807) is 0 Å². The molecule has 124 valence electrons. The number of benzene rings is 2. The van der Waals surface area contributed by atoms with Crippen molar-refractivity contribution in [2.45, 2.75) is 51.3 Å². The topological polar surface area (TPSA) is 45.0 Å². The summed E-state index contributed by atoms with van der Waals surface area (Å²) in [7, 11) is 0. The van der Waals surface area contributed by atoms with Crippen LogP contribution in [-0.4, -0.2) is 11.6 Å². The van der Waals surface area contributed by atoms with Crippen molar-refractivity contribution < 1.29 is 4.74 Å². The van der Waals surface area contributed by atoms with Crippen LogP contribution < -0.4 is 10.1 Å². The van der Waals surface area contributed by atoms with Gasteiger partial charge in [0.15, 0.2) is 0 Å². The summed E-state index contributed by atoms with van der Waals surface area (Å²) in [6, 6.07) is 19.0. The summed E-state index contributed by atoms with van der Waals surface area (Å²) < 4.78 is 5.78. The average molecular weight is 320 g/mol. The minimum Gasteiger partial charge on any atom is -0.491 e. The zero-order chi connectivity index (χ0) is 17.0. The predicted octanol–water partition coefficient (Wildman–Crippen LogP) is 4.01. The Labute approximate surface area is 144 Å². The molecule has 0 bridgehead atoms. The Balaban J connectivity index is 1.73. The first kappa shape index (κ1) is 16.5. The molecule has 1 N–H and O–H groups in total. The average Bonchev–Trinajstić information content (AvgIpc) is 2.60. The molecular weight excluding hydrogens is 296 g/mol. The molecule has 0 amide bonds. The van der Waals surface area contributed by atoms with Crippen molar-refractivity contribution in [3.05, 3.63) is 65.2 Å². The van der Waals surface area contributed by atoms with Gasteiger partial charge < -0.3 is 4.74 Å². The van der Waals surface area contributed by atoms with Crippen LogP contribution in [0.2, 0.25) is 0 Å². The second-order valence-electron chi connectivity index (χ2n) is 6.81. The first-order valence-corrected chi connectivity index (χ1v) is 8.59. The summed E-state index contributed by atoms with van der Waals surface area (Å²) >= 11 is 0. The summed E-state index contributed by atoms with van der Waals surface area (Å²) in [6.45, 7) is 4.79. The number of aryl methyl sites for hydroxylation is 1. The van der Waals surface area contributed by atoms with Crippen LogP contribution in [0.1, 0.15) is 37.0 Å². The van der Waals surface area contributed by atoms with E-state index in [0.717, 1.165) is 31.6 Å². The molecule has 3 heteroatoms. The van der Waals surface area contributed by atoms with Gasteiger partial charge in [-0.25, -0.2) is 0 Å². The number of rotatable bonds is 5. The van der Waals surface area contributed by atoms with Crippen LogP contribution in [0, 0.1) is 11.3 Å². The third kappa shape index (κ3) is 3.77. The Morgan fingerprint density at radius 2 is 1.96 bits per heavy atom. The molecule has 1 unspecified atom stereocenters. The van der Waals surface area contributed by atoms with Gasteiger partial charge in [0.1, 0.15) is 11.3 Å². The van der Waals surface area contributed by atoms with Gasteiger partial charge in [0.2, 0.25) is 0 Å². The summed E-state index contributed by atoms with van der Waals surface area (Å²) in [4.78, 5) is 0. The molecule has 0 fully saturated rings. The predicted molar refractivity (Wildman–Crippen MR) is 95.9 cm³/mol. The van der Waals surface area contributed by atoms with Gasteiger partial charge in [-0.15, -0.1) is 0 Å². The van der Waals surface area contributed by atoms with Crippen molar-refractivity contribution in [1.82, 2.24) is 5.32 Å². The van der Waals surface area contributed by atoms with E-state index in [4.69, 9.17) is 4.74 Å². The number of fused-ring (bicyclic) bond motifs is 1. The fourth-order valence-electron chi connectivity index (χ4n) is 3.27. The van der Waals surface area contributed by atoms with Crippen LogP contribution in [0.15, 0.2) is 48.5 Å². The lowest BCUT2D eigenvalue weighted by Gasteiger charge is -2.33. The minimum absolute atomic E-state index is 0.178. The number of hydrogen-bond acceptors (Lipinski definition) is 3. The molecule has 24 heavy (non-hydrogen) atoms. The molecular formula is C21H24N2O. The largest absolute Gasteiger partial charge is 0.491 e. The van der Waals surface area contributed by atoms with E-state index >= 15 is 0 Å². The second-order valence-corrected chi connectivity index (χ2v) is 6.81. The number of hydrogen-bond donors (Lipinski definition) is 1. The highest BCUT2D eigenvalue weighted by atomic mass is 16.5. The number of ether oxygens (including phenoxy) is 1. The van der Waals surface area contributed by atoms with Gasteiger partial charge in [0, 0.05) is 13.0 Å². The van der Waals surface area contributed by atoms with Crippen LogP contribution in [0.3, 0.4) is 0 Å². The van der Waals surface area contributed by atoms with Crippen molar-refractivity contribution in [1.29, 1.82) is 5.26 Å². The highest BCUT2D eigenvalue weighted by Crippen LogP contribution is 2.31. The minimum atomic E-state index is -0.483. The van der Waals surface area contributed by atoms with Crippen molar-refractivity contribution in [2.75, 3.05) is 0 Å². The Morgan fingerprint density at radius 3 is 2.67 bits per heavy atom. The lowest BCUT2D eigenvalue weighted by atomic mass is 9.78. The Hall–Kier alpha value is -2.31. The van der Waals surface area contributed by atoms with Gasteiger partial charge in [-0.2, -0.15) is 5.26 Å². The maximum absolute atomic E-state index is 9.78. The standard InChI is InChI=1S/C21H24N2O/c1-16(2)24-20-9-8-19-13-21(15-22,11-10-18(19)12-20)23-14-17-6-4-3-5-7-17/h3-9,12,16,23H,10-11,13-14H2,1-2H3. The second kappa shape index (κ2) is 7.07. The number of nitriles is 1. The molecule has 3 rings (SSSR count). The van der Waals surface area contributed by atoms with E-state index in [1.807, 2.05) is 38.1 Å². The smallest absolute Gasteiger partial charge is 0.119 e. The fourth-order valence-corrected chi connectivity index (χ4v) is 3.27. The summed E-state index contributed by atoms with van der Waals surface area (Å²) in [5.74, 6) is 0.922. The molecule has 0 aromatic heterocycles. The van der Waals surface area contributed by atoms with E-state index in [1.165, 1.54) is 16.7 Å². The zero-order valence-corrected chi connectivity index (χ0v) is 14.4. The Morgan fingerprint density at radius 1 is 1.17 bits per heavy atom. The van der Waals surface area contributed by atoms with Gasteiger partial charge in [0.05, 0.1) is 12.2 Å². The van der Waals surface area contributed by atoms with Crippen LogP contribution in [0.4, 0.5) is 0 Å². The molecule has 0 saturated carbocycles. The molecule has 0 aliphatic heterocycles. The van der Waals surface area contributed by atoms with E-state index in [-0.39, 0.29) is 6.10 Å². The van der Waals surface area contributed by atoms with E-state index in [2.05, 4.69) is 35.7 Å². The highest BCUT2D eigenvalue weighted by Gasteiger charge is 2.34. The highest BCUT2D eigenvalue weighted by molar-refractivity contribution is 5.40. The summed E-state index contributed by atoms with van der Waals surface area (Å²) in [5.41, 5.74) is 3.28. The van der Waals surface area contributed by atoms with Crippen molar-refractivity contribution >= 4 is 0 Å². The molecule has 3 nitrogen and oxygen atoms in total. The number of nitrogens with one attached hydrogen (secondary N) is 1. The molecule has 0 radical (unpaired) electrons. The molecule has 0 heterocycles. The van der Waals surface area contributed by atoms with Gasteiger partial charge in [-0.05, 0) is 55.5 Å². The third-order valence-corrected chi connectivity index (χ3v) is 4.55. The van der Waals surface area contributed by atoms with Gasteiger partial charge >= 0.3 is 0 Å². The molecule has 0 saturated heterocycles. The zero-order valence-electron chi connectivity index (χ0n) is 14.4. The van der Waals surface area contributed by atoms with Gasteiger partial charge in [-0.3, -0.25) is 5.32 Å². The lowest BCUT2D eigenvalue weighted by molar-refractivity contribution is 0.241. The van der Waals surface area contributed by atoms with Crippen LogP contribution in [0.5, 0.6) is 5.75 Å². The van der Waals surface area contributed by atoms with Crippen LogP contribution in [0.25, 0.3) is 0 Å². The quantitative estimate of drug-likeness (QED) is 0.905. The molecule has 2 aromatic carbocycles. The number of nitrogens with zero attached hydrogens (tertiary/aromatic N) is 1. The summed E-state index contributed by atoms with van der Waals surface area (Å²) in [5, 5.41) is 13.3. The molecule has 0 spiro atoms. The monoisotopic (exact) mass is 320 g/mol. The maximum atomic E-state index is 9.78. The van der Waals surface area contributed by atoms with Gasteiger partial charge in [-0.1, -0.05) is 36.4 Å². The molecule has 2 aromatic rings. The Bertz CT molecular complexity index is 733. The van der Waals surface area contributed by atoms with Crippen molar-refractivity contribution in [3.8, 4) is 11.8 Å². The molecule has 1 aliphatic rings. The summed E-state index contributed by atoms with van der Waals surface area (Å²) in [6.07, 6.45) is 2.65. The van der Waals surface area contributed by atoms with Crippen molar-refractivity contribution in [2.24, 2.45) is 0 Å². The van der Waals surface area contributed by atoms with Crippen LogP contribution >= 0.6 is 0 Å². The SMILES string of the molecule is CC(C)Oc1ccc2c(c1)CCC(C#N)(NCc1ccccc1)C2. The third-order valence-electron chi connectivity index (χ3n) is 4.55. The van der Waals surface area contributed by atoms with E-state index < -0.39 is 5.54 Å². The van der Waals surface area contributed by atoms with E-state index in [0.29, 0.717) is 0 Å². The molecule has 1 atom stereocenters. The lowest BCUT2D eigenvalue weighted by Crippen LogP contribution is -2.47. The van der Waals surface area contributed by atoms with Crippen LogP contribution in [-0.2, 0) is 19.4 Å². The normalized spacial score (nSPS) is 19.6. The Kier molecular flexibility index (Phi) is 4.87.